The van der Waals surface area contributed by atoms with Gasteiger partial charge >= 0.3 is 0 Å². The highest BCUT2D eigenvalue weighted by Crippen LogP contribution is 2.34. The Bertz CT molecular complexity index is 825. The first-order valence-corrected chi connectivity index (χ1v) is 12.4. The second-order valence-electron chi connectivity index (χ2n) is 8.54. The van der Waals surface area contributed by atoms with E-state index in [-0.39, 0.29) is 24.1 Å². The molecule has 0 aliphatic carbocycles. The van der Waals surface area contributed by atoms with E-state index in [9.17, 15) is 14.4 Å². The summed E-state index contributed by atoms with van der Waals surface area (Å²) in [4.78, 5) is 41.9. The lowest BCUT2D eigenvalue weighted by molar-refractivity contribution is -0.136. The van der Waals surface area contributed by atoms with E-state index < -0.39 is 6.04 Å². The molecule has 1 atom stereocenters. The minimum atomic E-state index is -0.550. The molecule has 1 aromatic carbocycles. The minimum Gasteiger partial charge on any atom is -0.322 e. The lowest BCUT2D eigenvalue weighted by atomic mass is 10.0. The highest BCUT2D eigenvalue weighted by molar-refractivity contribution is 7.99. The average Bonchev–Trinajstić information content (AvgIpc) is 3.11. The fourth-order valence-corrected chi connectivity index (χ4v) is 5.69. The van der Waals surface area contributed by atoms with E-state index in [0.717, 1.165) is 29.3 Å². The van der Waals surface area contributed by atoms with Gasteiger partial charge in [-0.1, -0.05) is 18.9 Å². The summed E-state index contributed by atoms with van der Waals surface area (Å²) in [6, 6.07) is 5.31. The molecule has 8 heteroatoms. The number of piperidine rings is 1. The predicted molar refractivity (Wildman–Crippen MR) is 121 cm³/mol. The standard InChI is InChI=1S/C23H32N4O3S/c28-21-9-8-19(22(29)25-21)27-16-18-17(23(27)30)6-5-7-20(18)31-15-4-2-1-3-12-26-13-10-24-11-14-26/h5-7,19,24H,1-4,8-16H2,(H,25,28,29). The van der Waals surface area contributed by atoms with E-state index >= 15 is 0 Å². The molecule has 0 aromatic heterocycles. The van der Waals surface area contributed by atoms with E-state index in [1.54, 1.807) is 4.90 Å². The molecule has 3 aliphatic heterocycles. The Morgan fingerprint density at radius 3 is 2.65 bits per heavy atom. The quantitative estimate of drug-likeness (QED) is 0.345. The molecule has 168 valence electrons. The van der Waals surface area contributed by atoms with Crippen molar-refractivity contribution in [3.05, 3.63) is 29.3 Å². The normalized spacial score (nSPS) is 22.0. The zero-order valence-electron chi connectivity index (χ0n) is 18.0. The van der Waals surface area contributed by atoms with Crippen LogP contribution in [0.2, 0.25) is 0 Å². The van der Waals surface area contributed by atoms with Crippen molar-refractivity contribution in [2.24, 2.45) is 0 Å². The number of carbonyl (C=O) groups excluding carboxylic acids is 3. The van der Waals surface area contributed by atoms with Gasteiger partial charge in [0.25, 0.3) is 5.91 Å². The van der Waals surface area contributed by atoms with Crippen molar-refractivity contribution in [1.82, 2.24) is 20.4 Å². The zero-order valence-corrected chi connectivity index (χ0v) is 18.8. The van der Waals surface area contributed by atoms with Crippen molar-refractivity contribution in [3.63, 3.8) is 0 Å². The molecule has 4 rings (SSSR count). The maximum Gasteiger partial charge on any atom is 0.255 e. The van der Waals surface area contributed by atoms with Crippen molar-refractivity contribution in [2.75, 3.05) is 38.5 Å². The molecule has 3 amide bonds. The zero-order chi connectivity index (χ0) is 21.6. The van der Waals surface area contributed by atoms with Crippen molar-refractivity contribution in [1.29, 1.82) is 0 Å². The molecule has 0 saturated carbocycles. The van der Waals surface area contributed by atoms with E-state index in [0.29, 0.717) is 18.5 Å². The van der Waals surface area contributed by atoms with Crippen LogP contribution in [0, 0.1) is 0 Å². The van der Waals surface area contributed by atoms with E-state index in [1.165, 1.54) is 45.3 Å². The minimum absolute atomic E-state index is 0.0974. The number of thioether (sulfide) groups is 1. The number of hydrogen-bond acceptors (Lipinski definition) is 6. The van der Waals surface area contributed by atoms with E-state index in [2.05, 4.69) is 21.6 Å². The molecule has 31 heavy (non-hydrogen) atoms. The number of benzene rings is 1. The maximum absolute atomic E-state index is 12.9. The summed E-state index contributed by atoms with van der Waals surface area (Å²) in [5.74, 6) is 0.332. The molecule has 3 heterocycles. The molecule has 0 spiro atoms. The van der Waals surface area contributed by atoms with E-state index in [1.807, 2.05) is 23.9 Å². The number of piperazine rings is 1. The van der Waals surface area contributed by atoms with Gasteiger partial charge in [-0.3, -0.25) is 19.7 Å². The van der Waals surface area contributed by atoms with Crippen LogP contribution in [-0.4, -0.2) is 72.0 Å². The molecule has 7 nitrogen and oxygen atoms in total. The Labute approximate surface area is 188 Å². The lowest BCUT2D eigenvalue weighted by Crippen LogP contribution is -2.52. The number of nitrogens with one attached hydrogen (secondary N) is 2. The summed E-state index contributed by atoms with van der Waals surface area (Å²) in [5, 5.41) is 5.76. The molecule has 2 fully saturated rings. The number of hydrogen-bond donors (Lipinski definition) is 2. The monoisotopic (exact) mass is 444 g/mol. The predicted octanol–water partition coefficient (Wildman–Crippen LogP) is 2.01. The van der Waals surface area contributed by atoms with Crippen LogP contribution in [0.15, 0.2) is 23.1 Å². The molecule has 0 radical (unpaired) electrons. The van der Waals surface area contributed by atoms with E-state index in [4.69, 9.17) is 0 Å². The van der Waals surface area contributed by atoms with Crippen LogP contribution in [0.1, 0.15) is 54.4 Å². The van der Waals surface area contributed by atoms with Gasteiger partial charge in [0.2, 0.25) is 11.8 Å². The fourth-order valence-electron chi connectivity index (χ4n) is 4.60. The third-order valence-corrected chi connectivity index (χ3v) is 7.56. The van der Waals surface area contributed by atoms with Gasteiger partial charge in [-0.2, -0.15) is 0 Å². The van der Waals surface area contributed by atoms with Gasteiger partial charge in [-0.05, 0) is 49.3 Å². The Morgan fingerprint density at radius 2 is 1.84 bits per heavy atom. The molecule has 2 N–H and O–H groups in total. The average molecular weight is 445 g/mol. The summed E-state index contributed by atoms with van der Waals surface area (Å²) < 4.78 is 0. The summed E-state index contributed by atoms with van der Waals surface area (Å²) >= 11 is 1.81. The van der Waals surface area contributed by atoms with Gasteiger partial charge in [0.05, 0.1) is 0 Å². The molecule has 1 unspecified atom stereocenters. The van der Waals surface area contributed by atoms with Gasteiger partial charge < -0.3 is 15.1 Å². The number of unbranched alkanes of at least 4 members (excludes halogenated alkanes) is 3. The Kier molecular flexibility index (Phi) is 7.63. The highest BCUT2D eigenvalue weighted by atomic mass is 32.2. The van der Waals surface area contributed by atoms with Gasteiger partial charge in [0.1, 0.15) is 6.04 Å². The third-order valence-electron chi connectivity index (χ3n) is 6.37. The summed E-state index contributed by atoms with van der Waals surface area (Å²) in [7, 11) is 0. The smallest absolute Gasteiger partial charge is 0.255 e. The first kappa shape index (κ1) is 22.3. The summed E-state index contributed by atoms with van der Waals surface area (Å²) in [6.07, 6.45) is 5.61. The number of nitrogens with zero attached hydrogens (tertiary/aromatic N) is 2. The Hall–Kier alpha value is -1.90. The Balaban J connectivity index is 1.23. The molecular formula is C23H32N4O3S. The van der Waals surface area contributed by atoms with Crippen LogP contribution in [0.4, 0.5) is 0 Å². The third kappa shape index (κ3) is 5.48. The van der Waals surface area contributed by atoms with Crippen LogP contribution in [0.5, 0.6) is 0 Å². The SMILES string of the molecule is O=C1CCC(N2Cc3c(SCCCCCCN4CCNCC4)cccc3C2=O)C(=O)N1. The molecule has 3 aliphatic rings. The van der Waals surface area contributed by atoms with Gasteiger partial charge in [-0.25, -0.2) is 0 Å². The van der Waals surface area contributed by atoms with Crippen molar-refractivity contribution in [3.8, 4) is 0 Å². The number of rotatable bonds is 9. The summed E-state index contributed by atoms with van der Waals surface area (Å²) in [5.41, 5.74) is 1.73. The van der Waals surface area contributed by atoms with Crippen LogP contribution >= 0.6 is 11.8 Å². The number of fused-ring (bicyclic) bond motifs is 1. The van der Waals surface area contributed by atoms with Crippen LogP contribution in [0.25, 0.3) is 0 Å². The van der Waals surface area contributed by atoms with Crippen LogP contribution < -0.4 is 10.6 Å². The van der Waals surface area contributed by atoms with Gasteiger partial charge in [0.15, 0.2) is 0 Å². The highest BCUT2D eigenvalue weighted by Gasteiger charge is 2.39. The lowest BCUT2D eigenvalue weighted by Gasteiger charge is -2.29. The van der Waals surface area contributed by atoms with Crippen LogP contribution in [-0.2, 0) is 16.1 Å². The first-order valence-electron chi connectivity index (χ1n) is 11.5. The first-order chi connectivity index (χ1) is 15.1. The maximum atomic E-state index is 12.9. The van der Waals surface area contributed by atoms with Crippen molar-refractivity contribution >= 4 is 29.5 Å². The number of carbonyl (C=O) groups is 3. The second-order valence-corrected chi connectivity index (χ2v) is 9.67. The Morgan fingerprint density at radius 1 is 1.03 bits per heavy atom. The topological polar surface area (TPSA) is 81.8 Å². The van der Waals surface area contributed by atoms with Gasteiger partial charge in [-0.15, -0.1) is 11.8 Å². The largest absolute Gasteiger partial charge is 0.322 e. The number of amides is 3. The van der Waals surface area contributed by atoms with Crippen molar-refractivity contribution < 1.29 is 14.4 Å². The van der Waals surface area contributed by atoms with Gasteiger partial charge in [0, 0.05) is 49.6 Å². The molecular weight excluding hydrogens is 412 g/mol. The van der Waals surface area contributed by atoms with Crippen molar-refractivity contribution in [2.45, 2.75) is 56.0 Å². The fraction of sp³-hybridized carbons (Fsp3) is 0.609. The summed E-state index contributed by atoms with van der Waals surface area (Å²) in [6.45, 7) is 6.23. The second kappa shape index (κ2) is 10.6. The molecule has 1 aromatic rings. The van der Waals surface area contributed by atoms with Crippen LogP contribution in [0.3, 0.4) is 0 Å². The molecule has 2 saturated heterocycles. The number of imide groups is 1. The molecule has 0 bridgehead atoms.